The molecule has 4 aromatic rings. The van der Waals surface area contributed by atoms with E-state index in [1.165, 1.54) is 17.0 Å². The summed E-state index contributed by atoms with van der Waals surface area (Å²) in [7, 11) is -4.24. The van der Waals surface area contributed by atoms with Gasteiger partial charge < -0.3 is 10.2 Å². The Kier molecular flexibility index (Phi) is 12.1. The Morgan fingerprint density at radius 3 is 2.04 bits per heavy atom. The highest BCUT2D eigenvalue weighted by atomic mass is 35.5. The number of halogens is 3. The molecular weight excluding hydrogens is 665 g/mol. The van der Waals surface area contributed by atoms with Crippen molar-refractivity contribution < 1.29 is 18.0 Å². The van der Waals surface area contributed by atoms with E-state index in [0.717, 1.165) is 9.87 Å². The predicted octanol–water partition coefficient (Wildman–Crippen LogP) is 7.71. The Labute approximate surface area is 286 Å². The Morgan fingerprint density at radius 2 is 1.46 bits per heavy atom. The maximum atomic E-state index is 14.6. The van der Waals surface area contributed by atoms with Gasteiger partial charge in [0.05, 0.1) is 10.6 Å². The van der Waals surface area contributed by atoms with E-state index in [4.69, 9.17) is 34.8 Å². The highest BCUT2D eigenvalue weighted by Gasteiger charge is 2.36. The fourth-order valence-corrected chi connectivity index (χ4v) is 7.22. The van der Waals surface area contributed by atoms with Crippen molar-refractivity contribution in [3.05, 3.63) is 129 Å². The largest absolute Gasteiger partial charge is 0.352 e. The van der Waals surface area contributed by atoms with E-state index in [2.05, 4.69) is 5.32 Å². The average Bonchev–Trinajstić information content (AvgIpc) is 3.03. The second-order valence-electron chi connectivity index (χ2n) is 11.0. The van der Waals surface area contributed by atoms with Gasteiger partial charge in [0, 0.05) is 39.6 Å². The number of carbonyl (C=O) groups is 2. The van der Waals surface area contributed by atoms with Crippen LogP contribution in [0.25, 0.3) is 0 Å². The molecule has 0 bridgehead atoms. The summed E-state index contributed by atoms with van der Waals surface area (Å²) in [6.45, 7) is 4.81. The predicted molar refractivity (Wildman–Crippen MR) is 186 cm³/mol. The van der Waals surface area contributed by atoms with Crippen LogP contribution < -0.4 is 9.62 Å². The minimum atomic E-state index is -4.24. The van der Waals surface area contributed by atoms with Gasteiger partial charge in [-0.2, -0.15) is 0 Å². The molecule has 4 rings (SSSR count). The number of sulfonamides is 1. The van der Waals surface area contributed by atoms with E-state index in [1.54, 1.807) is 61.5 Å². The first-order valence-electron chi connectivity index (χ1n) is 14.8. The third kappa shape index (κ3) is 8.62. The minimum Gasteiger partial charge on any atom is -0.352 e. The average molecular weight is 701 g/mol. The topological polar surface area (TPSA) is 86.8 Å². The van der Waals surface area contributed by atoms with Crippen LogP contribution in [0.1, 0.15) is 37.0 Å². The van der Waals surface area contributed by atoms with Crippen LogP contribution in [-0.2, 0) is 32.6 Å². The summed E-state index contributed by atoms with van der Waals surface area (Å²) < 4.78 is 29.4. The number of benzene rings is 4. The van der Waals surface area contributed by atoms with E-state index in [0.29, 0.717) is 32.6 Å². The lowest BCUT2D eigenvalue weighted by molar-refractivity contribution is -0.140. The van der Waals surface area contributed by atoms with Crippen molar-refractivity contribution in [2.45, 2.75) is 57.1 Å². The number of hydrogen-bond donors (Lipinski definition) is 1. The second-order valence-corrected chi connectivity index (χ2v) is 14.1. The van der Waals surface area contributed by atoms with E-state index in [9.17, 15) is 18.0 Å². The van der Waals surface area contributed by atoms with Crippen molar-refractivity contribution >= 4 is 62.3 Å². The molecule has 0 unspecified atom stereocenters. The molecule has 0 spiro atoms. The highest BCUT2D eigenvalue weighted by molar-refractivity contribution is 7.92. The lowest BCUT2D eigenvalue weighted by atomic mass is 10.0. The Hall–Kier alpha value is -3.56. The molecule has 4 aromatic carbocycles. The van der Waals surface area contributed by atoms with Gasteiger partial charge in [-0.1, -0.05) is 96.3 Å². The lowest BCUT2D eigenvalue weighted by Gasteiger charge is -2.35. The van der Waals surface area contributed by atoms with Crippen LogP contribution in [0.3, 0.4) is 0 Å². The molecule has 11 heteroatoms. The van der Waals surface area contributed by atoms with Crippen LogP contribution in [0.15, 0.2) is 102 Å². The molecule has 7 nitrogen and oxygen atoms in total. The number of hydrogen-bond acceptors (Lipinski definition) is 4. The third-order valence-corrected chi connectivity index (χ3v) is 10.4. The monoisotopic (exact) mass is 699 g/mol. The van der Waals surface area contributed by atoms with Crippen molar-refractivity contribution in [2.24, 2.45) is 0 Å². The molecule has 0 aliphatic heterocycles. The van der Waals surface area contributed by atoms with Crippen LogP contribution in [-0.4, -0.2) is 43.8 Å². The maximum Gasteiger partial charge on any atom is 0.264 e. The molecule has 242 valence electrons. The van der Waals surface area contributed by atoms with Crippen LogP contribution in [0.4, 0.5) is 5.69 Å². The van der Waals surface area contributed by atoms with E-state index in [1.807, 2.05) is 44.2 Å². The molecule has 0 heterocycles. The van der Waals surface area contributed by atoms with E-state index < -0.39 is 28.5 Å². The molecule has 0 saturated carbocycles. The van der Waals surface area contributed by atoms with Gasteiger partial charge in [-0.15, -0.1) is 0 Å². The lowest BCUT2D eigenvalue weighted by Crippen LogP contribution is -2.54. The highest BCUT2D eigenvalue weighted by Crippen LogP contribution is 2.31. The van der Waals surface area contributed by atoms with E-state index >= 15 is 0 Å². The molecular formula is C35H36Cl3N3O4S. The molecule has 0 aromatic heterocycles. The number of amides is 2. The quantitative estimate of drug-likeness (QED) is 0.155. The SMILES string of the molecule is CC[C@@H](C)NC(=O)[C@@H](Cc1ccccc1)N(Cc1c(Cl)cccc1Cl)C(=O)CN(c1ccc(Cl)cc1C)S(=O)(=O)c1ccccc1. The number of rotatable bonds is 13. The third-order valence-electron chi connectivity index (χ3n) is 7.70. The summed E-state index contributed by atoms with van der Waals surface area (Å²) in [6, 6.07) is 25.8. The Bertz CT molecular complexity index is 1750. The standard InChI is InChI=1S/C35H36Cl3N3O4S/c1-4-25(3)39-35(43)33(21-26-12-7-5-8-13-26)40(22-29-30(37)16-11-17-31(29)38)34(42)23-41(32-19-18-27(36)20-24(32)2)46(44,45)28-14-9-6-10-15-28/h5-20,25,33H,4,21-23H2,1-3H3,(H,39,43)/t25-,33-/m1/s1. The first kappa shape index (κ1) is 35.3. The van der Waals surface area contributed by atoms with Gasteiger partial charge in [0.15, 0.2) is 0 Å². The fourth-order valence-electron chi connectivity index (χ4n) is 4.98. The Balaban J connectivity index is 1.86. The fraction of sp³-hybridized carbons (Fsp3) is 0.257. The number of carbonyl (C=O) groups excluding carboxylic acids is 2. The van der Waals surface area contributed by atoms with Crippen molar-refractivity contribution in [1.29, 1.82) is 0 Å². The van der Waals surface area contributed by atoms with Gasteiger partial charge in [-0.05, 0) is 73.9 Å². The molecule has 2 atom stereocenters. The second kappa shape index (κ2) is 15.8. The first-order chi connectivity index (χ1) is 21.9. The maximum absolute atomic E-state index is 14.6. The van der Waals surface area contributed by atoms with Crippen LogP contribution in [0.5, 0.6) is 0 Å². The number of anilines is 1. The molecule has 0 aliphatic rings. The summed E-state index contributed by atoms with van der Waals surface area (Å²) in [6.07, 6.45) is 0.843. The van der Waals surface area contributed by atoms with Crippen LogP contribution >= 0.6 is 34.8 Å². The summed E-state index contributed by atoms with van der Waals surface area (Å²) in [5.74, 6) is -1.00. The van der Waals surface area contributed by atoms with Crippen LogP contribution in [0.2, 0.25) is 15.1 Å². The van der Waals surface area contributed by atoms with Crippen LogP contribution in [0, 0.1) is 6.92 Å². The number of nitrogens with one attached hydrogen (secondary N) is 1. The molecule has 0 fully saturated rings. The summed E-state index contributed by atoms with van der Waals surface area (Å²) >= 11 is 19.4. The first-order valence-corrected chi connectivity index (χ1v) is 17.4. The number of aryl methyl sites for hydroxylation is 1. The molecule has 2 amide bonds. The smallest absolute Gasteiger partial charge is 0.264 e. The van der Waals surface area contributed by atoms with Crippen molar-refractivity contribution in [3.8, 4) is 0 Å². The minimum absolute atomic E-state index is 0.00759. The van der Waals surface area contributed by atoms with Crippen molar-refractivity contribution in [3.63, 3.8) is 0 Å². The Morgan fingerprint density at radius 1 is 0.848 bits per heavy atom. The normalized spacial score (nSPS) is 12.7. The molecule has 0 saturated heterocycles. The van der Waals surface area contributed by atoms with Crippen molar-refractivity contribution in [1.82, 2.24) is 10.2 Å². The van der Waals surface area contributed by atoms with Gasteiger partial charge in [-0.25, -0.2) is 8.42 Å². The zero-order valence-electron chi connectivity index (χ0n) is 25.8. The molecule has 1 N–H and O–H groups in total. The zero-order valence-corrected chi connectivity index (χ0v) is 28.9. The summed E-state index contributed by atoms with van der Waals surface area (Å²) in [4.78, 5) is 30.0. The van der Waals surface area contributed by atoms with Gasteiger partial charge in [0.2, 0.25) is 11.8 Å². The molecule has 0 radical (unpaired) electrons. The zero-order chi connectivity index (χ0) is 33.4. The molecule has 46 heavy (non-hydrogen) atoms. The van der Waals surface area contributed by atoms with Gasteiger partial charge in [0.25, 0.3) is 10.0 Å². The van der Waals surface area contributed by atoms with Gasteiger partial charge in [-0.3, -0.25) is 13.9 Å². The van der Waals surface area contributed by atoms with Crippen molar-refractivity contribution in [2.75, 3.05) is 10.8 Å². The summed E-state index contributed by atoms with van der Waals surface area (Å²) in [5, 5.41) is 4.06. The van der Waals surface area contributed by atoms with Gasteiger partial charge >= 0.3 is 0 Å². The van der Waals surface area contributed by atoms with Gasteiger partial charge in [0.1, 0.15) is 12.6 Å². The molecule has 0 aliphatic carbocycles. The summed E-state index contributed by atoms with van der Waals surface area (Å²) in [5.41, 5.74) is 2.09. The van der Waals surface area contributed by atoms with E-state index in [-0.39, 0.29) is 35.5 Å². The number of nitrogens with zero attached hydrogens (tertiary/aromatic N) is 2.